The molecule has 5 rings (SSSR count). The predicted molar refractivity (Wildman–Crippen MR) is 83.3 cm³/mol. The van der Waals surface area contributed by atoms with E-state index in [1.807, 2.05) is 0 Å². The highest BCUT2D eigenvalue weighted by atomic mass is 32.1. The molecule has 1 aromatic rings. The summed E-state index contributed by atoms with van der Waals surface area (Å²) in [6.07, 6.45) is 9.24. The van der Waals surface area contributed by atoms with Crippen LogP contribution in [0.25, 0.3) is 0 Å². The second-order valence-corrected chi connectivity index (χ2v) is 9.14. The Balaban J connectivity index is 1.57. The lowest BCUT2D eigenvalue weighted by Gasteiger charge is -2.56. The van der Waals surface area contributed by atoms with Crippen LogP contribution in [0.2, 0.25) is 0 Å². The lowest BCUT2D eigenvalue weighted by Crippen LogP contribution is -2.46. The molecule has 4 saturated carbocycles. The summed E-state index contributed by atoms with van der Waals surface area (Å²) >= 11 is 1.70. The van der Waals surface area contributed by atoms with E-state index in [2.05, 4.69) is 19.9 Å². The van der Waals surface area contributed by atoms with E-state index in [1.165, 1.54) is 49.0 Å². The summed E-state index contributed by atoms with van der Waals surface area (Å²) in [7, 11) is 0. The molecule has 0 amide bonds. The number of hydrogen-bond acceptors (Lipinski definition) is 2. The molecule has 0 unspecified atom stereocenters. The third-order valence-corrected chi connectivity index (χ3v) is 7.19. The summed E-state index contributed by atoms with van der Waals surface area (Å²) < 4.78 is 0. The summed E-state index contributed by atoms with van der Waals surface area (Å²) in [4.78, 5) is 15.1. The van der Waals surface area contributed by atoms with Crippen molar-refractivity contribution in [3.63, 3.8) is 0 Å². The average Bonchev–Trinajstić information content (AvgIpc) is 2.66. The molecule has 0 N–H and O–H groups in total. The lowest BCUT2D eigenvalue weighted by molar-refractivity contribution is -0.0523. The number of carbonyl (C=O) groups excluding carboxylic acids is 1. The zero-order chi connectivity index (χ0) is 13.9. The highest BCUT2D eigenvalue weighted by Crippen LogP contribution is 2.61. The van der Waals surface area contributed by atoms with Crippen molar-refractivity contribution < 1.29 is 4.79 Å². The summed E-state index contributed by atoms with van der Waals surface area (Å²) in [5.74, 6) is 3.27. The number of ketones is 1. The number of Topliss-reactive ketones (excluding diaryl/α,β-unsaturated/α-hetero) is 1. The topological polar surface area (TPSA) is 17.1 Å². The fourth-order valence-electron chi connectivity index (χ4n) is 5.85. The first-order valence-electron chi connectivity index (χ1n) is 8.13. The van der Waals surface area contributed by atoms with E-state index in [9.17, 15) is 4.79 Å². The van der Waals surface area contributed by atoms with Crippen molar-refractivity contribution in [1.82, 2.24) is 0 Å². The Morgan fingerprint density at radius 2 is 1.70 bits per heavy atom. The van der Waals surface area contributed by atoms with Gasteiger partial charge in [-0.25, -0.2) is 0 Å². The van der Waals surface area contributed by atoms with Gasteiger partial charge < -0.3 is 0 Å². The van der Waals surface area contributed by atoms with Crippen molar-refractivity contribution in [3.05, 3.63) is 21.4 Å². The maximum Gasteiger partial charge on any atom is 0.173 e. The van der Waals surface area contributed by atoms with Crippen molar-refractivity contribution >= 4 is 17.1 Å². The van der Waals surface area contributed by atoms with Gasteiger partial charge in [0.2, 0.25) is 0 Å². The Morgan fingerprint density at radius 3 is 2.15 bits per heavy atom. The number of carbonyl (C=O) groups is 1. The first-order valence-corrected chi connectivity index (χ1v) is 8.95. The monoisotopic (exact) mass is 288 g/mol. The molecule has 0 atom stereocenters. The Hall–Kier alpha value is -0.630. The van der Waals surface area contributed by atoms with Gasteiger partial charge in [-0.15, -0.1) is 11.3 Å². The summed E-state index contributed by atoms with van der Waals surface area (Å²) in [6.45, 7) is 4.20. The largest absolute Gasteiger partial charge is 0.293 e. The second kappa shape index (κ2) is 4.43. The molecule has 0 radical (unpaired) electrons. The molecule has 4 aliphatic rings. The Morgan fingerprint density at radius 1 is 1.15 bits per heavy atom. The molecule has 1 heterocycles. The number of hydrogen-bond donors (Lipinski definition) is 0. The van der Waals surface area contributed by atoms with E-state index in [0.29, 0.717) is 11.2 Å². The minimum atomic E-state index is 0.385. The Kier molecular flexibility index (Phi) is 2.89. The first-order chi connectivity index (χ1) is 9.53. The van der Waals surface area contributed by atoms with E-state index in [-0.39, 0.29) is 0 Å². The molecule has 2 heteroatoms. The minimum absolute atomic E-state index is 0.385. The highest BCUT2D eigenvalue weighted by Gasteiger charge is 2.51. The van der Waals surface area contributed by atoms with Gasteiger partial charge in [-0.2, -0.15) is 0 Å². The van der Waals surface area contributed by atoms with E-state index in [0.717, 1.165) is 29.1 Å². The smallest absolute Gasteiger partial charge is 0.173 e. The average molecular weight is 288 g/mol. The molecule has 4 aliphatic carbocycles. The van der Waals surface area contributed by atoms with Crippen LogP contribution < -0.4 is 0 Å². The van der Waals surface area contributed by atoms with Gasteiger partial charge in [0.1, 0.15) is 0 Å². The van der Waals surface area contributed by atoms with E-state index in [4.69, 9.17) is 0 Å². The molecule has 0 aliphatic heterocycles. The van der Waals surface area contributed by atoms with Crippen LogP contribution in [0, 0.1) is 37.0 Å². The summed E-state index contributed by atoms with van der Waals surface area (Å²) in [5, 5.41) is 0. The molecule has 1 nitrogen and oxygen atoms in total. The molecule has 4 fully saturated rings. The number of rotatable bonds is 3. The molecular weight excluding hydrogens is 264 g/mol. The maximum atomic E-state index is 12.8. The SMILES string of the molecule is Cc1cc(C)c(C(=O)CC23CC4CC(CC(C4)C2)C3)s1. The zero-order valence-corrected chi connectivity index (χ0v) is 13.4. The zero-order valence-electron chi connectivity index (χ0n) is 12.6. The highest BCUT2D eigenvalue weighted by molar-refractivity contribution is 7.14. The molecule has 0 spiro atoms. The van der Waals surface area contributed by atoms with Gasteiger partial charge in [-0.1, -0.05) is 0 Å². The summed E-state index contributed by atoms with van der Waals surface area (Å²) in [5.41, 5.74) is 1.58. The fraction of sp³-hybridized carbons (Fsp3) is 0.722. The van der Waals surface area contributed by atoms with Crippen molar-refractivity contribution in [2.45, 2.75) is 58.8 Å². The van der Waals surface area contributed by atoms with Crippen molar-refractivity contribution in [1.29, 1.82) is 0 Å². The maximum absolute atomic E-state index is 12.8. The van der Waals surface area contributed by atoms with E-state index in [1.54, 1.807) is 11.3 Å². The second-order valence-electron chi connectivity index (χ2n) is 7.89. The van der Waals surface area contributed by atoms with Gasteiger partial charge in [-0.3, -0.25) is 4.79 Å². The normalized spacial score (nSPS) is 38.4. The number of aryl methyl sites for hydroxylation is 2. The Labute approximate surface area is 125 Å². The first kappa shape index (κ1) is 13.1. The van der Waals surface area contributed by atoms with Gasteiger partial charge in [0.05, 0.1) is 4.88 Å². The van der Waals surface area contributed by atoms with Gasteiger partial charge in [-0.05, 0) is 87.2 Å². The van der Waals surface area contributed by atoms with Crippen molar-refractivity contribution in [2.75, 3.05) is 0 Å². The van der Waals surface area contributed by atoms with Crippen LogP contribution in [-0.4, -0.2) is 5.78 Å². The van der Waals surface area contributed by atoms with Crippen LogP contribution in [-0.2, 0) is 0 Å². The van der Waals surface area contributed by atoms with Crippen molar-refractivity contribution in [2.24, 2.45) is 23.2 Å². The Bertz CT molecular complexity index is 518. The standard InChI is InChI=1S/C18H24OS/c1-11-3-12(2)20-17(11)16(19)10-18-7-13-4-14(8-18)6-15(5-13)9-18/h3,13-15H,4-10H2,1-2H3. The minimum Gasteiger partial charge on any atom is -0.293 e. The lowest BCUT2D eigenvalue weighted by atomic mass is 9.48. The fourth-order valence-corrected chi connectivity index (χ4v) is 6.81. The van der Waals surface area contributed by atoms with Crippen LogP contribution in [0.4, 0.5) is 0 Å². The van der Waals surface area contributed by atoms with Crippen LogP contribution in [0.5, 0.6) is 0 Å². The van der Waals surface area contributed by atoms with Crippen LogP contribution in [0.1, 0.15) is 65.1 Å². The van der Waals surface area contributed by atoms with Crippen molar-refractivity contribution in [3.8, 4) is 0 Å². The predicted octanol–water partition coefficient (Wildman–Crippen LogP) is 5.15. The quantitative estimate of drug-likeness (QED) is 0.703. The molecule has 4 bridgehead atoms. The molecule has 0 saturated heterocycles. The third-order valence-electron chi connectivity index (χ3n) is 5.99. The molecular formula is C18H24OS. The van der Waals surface area contributed by atoms with Crippen LogP contribution in [0.15, 0.2) is 6.07 Å². The number of thiophene rings is 1. The molecule has 1 aromatic heterocycles. The van der Waals surface area contributed by atoms with E-state index < -0.39 is 0 Å². The van der Waals surface area contributed by atoms with Gasteiger partial charge in [0.25, 0.3) is 0 Å². The molecule has 20 heavy (non-hydrogen) atoms. The third kappa shape index (κ3) is 2.07. The van der Waals surface area contributed by atoms with Crippen LogP contribution in [0.3, 0.4) is 0 Å². The summed E-state index contributed by atoms with van der Waals surface area (Å²) in [6, 6.07) is 2.16. The molecule has 0 aromatic carbocycles. The molecule has 108 valence electrons. The van der Waals surface area contributed by atoms with Gasteiger partial charge >= 0.3 is 0 Å². The van der Waals surface area contributed by atoms with Gasteiger partial charge in [0, 0.05) is 11.3 Å². The van der Waals surface area contributed by atoms with E-state index >= 15 is 0 Å². The van der Waals surface area contributed by atoms with Crippen LogP contribution >= 0.6 is 11.3 Å². The van der Waals surface area contributed by atoms with Gasteiger partial charge in [0.15, 0.2) is 5.78 Å².